The van der Waals surface area contributed by atoms with E-state index in [1.165, 1.54) is 23.6 Å². The van der Waals surface area contributed by atoms with Gasteiger partial charge in [-0.2, -0.15) is 13.2 Å². The Bertz CT molecular complexity index is 1080. The Morgan fingerprint density at radius 1 is 1.24 bits per heavy atom. The van der Waals surface area contributed by atoms with E-state index in [1.807, 2.05) is 0 Å². The number of para-hydroxylation sites is 1. The lowest BCUT2D eigenvalue weighted by Gasteiger charge is -2.14. The van der Waals surface area contributed by atoms with Crippen LogP contribution in [0.5, 0.6) is 0 Å². The summed E-state index contributed by atoms with van der Waals surface area (Å²) in [5.41, 5.74) is 1.07. The number of hydrogen-bond donors (Lipinski definition) is 1. The van der Waals surface area contributed by atoms with Gasteiger partial charge in [-0.05, 0) is 50.3 Å². The maximum atomic E-state index is 13.4. The highest BCUT2D eigenvalue weighted by molar-refractivity contribution is 7.16. The van der Waals surface area contributed by atoms with Crippen molar-refractivity contribution >= 4 is 38.9 Å². The molecule has 0 unspecified atom stereocenters. The lowest BCUT2D eigenvalue weighted by molar-refractivity contribution is -0.136. The van der Waals surface area contributed by atoms with E-state index in [9.17, 15) is 18.0 Å². The van der Waals surface area contributed by atoms with Gasteiger partial charge in [0.1, 0.15) is 5.00 Å². The van der Waals surface area contributed by atoms with E-state index in [4.69, 9.17) is 4.74 Å². The number of carbonyl (C=O) groups is 1. The molecule has 0 amide bonds. The summed E-state index contributed by atoms with van der Waals surface area (Å²) in [5, 5.41) is 4.16. The summed E-state index contributed by atoms with van der Waals surface area (Å²) in [5.74, 6) is -0.399. The van der Waals surface area contributed by atoms with Gasteiger partial charge in [0.2, 0.25) is 0 Å². The molecule has 29 heavy (non-hydrogen) atoms. The van der Waals surface area contributed by atoms with Crippen molar-refractivity contribution in [2.45, 2.75) is 38.8 Å². The molecule has 2 heterocycles. The van der Waals surface area contributed by atoms with Gasteiger partial charge in [0.05, 0.1) is 28.9 Å². The number of anilines is 2. The molecule has 0 saturated carbocycles. The number of rotatable bonds is 4. The number of halogens is 3. The Morgan fingerprint density at radius 2 is 2.03 bits per heavy atom. The number of benzene rings is 1. The molecular weight excluding hydrogens is 401 g/mol. The van der Waals surface area contributed by atoms with Crippen LogP contribution in [-0.4, -0.2) is 17.6 Å². The van der Waals surface area contributed by atoms with Gasteiger partial charge < -0.3 is 10.1 Å². The first-order chi connectivity index (χ1) is 13.9. The van der Waals surface area contributed by atoms with Crippen LogP contribution >= 0.6 is 11.3 Å². The Morgan fingerprint density at radius 3 is 2.79 bits per heavy atom. The van der Waals surface area contributed by atoms with Crippen LogP contribution in [0, 0.1) is 0 Å². The van der Waals surface area contributed by atoms with Gasteiger partial charge in [-0.3, -0.25) is 4.98 Å². The second-order valence-corrected chi connectivity index (χ2v) is 7.92. The molecule has 1 aliphatic rings. The van der Waals surface area contributed by atoms with E-state index in [0.717, 1.165) is 42.2 Å². The number of ether oxygens (including phenoxy) is 1. The Hall–Kier alpha value is -2.61. The summed E-state index contributed by atoms with van der Waals surface area (Å²) in [6.07, 6.45) is 0.603. The first-order valence-electron chi connectivity index (χ1n) is 9.43. The van der Waals surface area contributed by atoms with Crippen molar-refractivity contribution in [2.75, 3.05) is 11.9 Å². The van der Waals surface area contributed by atoms with Crippen molar-refractivity contribution in [1.29, 1.82) is 0 Å². The molecule has 1 aliphatic carbocycles. The molecule has 2 aromatic heterocycles. The molecule has 152 valence electrons. The second kappa shape index (κ2) is 7.67. The van der Waals surface area contributed by atoms with Crippen molar-refractivity contribution in [2.24, 2.45) is 0 Å². The predicted molar refractivity (Wildman–Crippen MR) is 107 cm³/mol. The minimum atomic E-state index is -4.50. The van der Waals surface area contributed by atoms with Crippen molar-refractivity contribution in [1.82, 2.24) is 4.98 Å². The van der Waals surface area contributed by atoms with Gasteiger partial charge in [0.25, 0.3) is 0 Å². The molecule has 1 aromatic carbocycles. The zero-order valence-electron chi connectivity index (χ0n) is 15.7. The molecule has 3 aromatic rings. The van der Waals surface area contributed by atoms with Crippen LogP contribution < -0.4 is 5.32 Å². The molecule has 4 nitrogen and oxygen atoms in total. The number of fused-ring (bicyclic) bond motifs is 2. The quantitative estimate of drug-likeness (QED) is 0.517. The molecule has 0 spiro atoms. The second-order valence-electron chi connectivity index (χ2n) is 6.82. The van der Waals surface area contributed by atoms with Crippen LogP contribution in [0.4, 0.5) is 23.9 Å². The van der Waals surface area contributed by atoms with Gasteiger partial charge in [-0.15, -0.1) is 11.3 Å². The fourth-order valence-corrected chi connectivity index (χ4v) is 5.00. The number of pyridine rings is 1. The van der Waals surface area contributed by atoms with Gasteiger partial charge in [-0.1, -0.05) is 12.1 Å². The van der Waals surface area contributed by atoms with Crippen molar-refractivity contribution in [3.8, 4) is 0 Å². The Labute approximate surface area is 169 Å². The maximum Gasteiger partial charge on any atom is 0.418 e. The number of nitrogens with zero attached hydrogens (tertiary/aromatic N) is 1. The molecule has 0 aliphatic heterocycles. The molecule has 0 saturated heterocycles. The third kappa shape index (κ3) is 3.69. The van der Waals surface area contributed by atoms with Gasteiger partial charge >= 0.3 is 12.1 Å². The number of thiophene rings is 1. The highest BCUT2D eigenvalue weighted by atomic mass is 32.1. The van der Waals surface area contributed by atoms with E-state index in [2.05, 4.69) is 10.3 Å². The third-order valence-corrected chi connectivity index (χ3v) is 6.18. The zero-order chi connectivity index (χ0) is 20.6. The third-order valence-electron chi connectivity index (χ3n) is 4.98. The minimum absolute atomic E-state index is 0.121. The van der Waals surface area contributed by atoms with E-state index in [-0.39, 0.29) is 12.1 Å². The average molecular weight is 420 g/mol. The van der Waals surface area contributed by atoms with E-state index in [1.54, 1.807) is 19.1 Å². The smallest absolute Gasteiger partial charge is 0.418 e. The number of aryl methyl sites for hydroxylation is 1. The highest BCUT2D eigenvalue weighted by Gasteiger charge is 2.33. The molecule has 0 atom stereocenters. The molecule has 8 heteroatoms. The number of nitrogens with one attached hydrogen (secondary N) is 1. The van der Waals surface area contributed by atoms with Crippen molar-refractivity contribution < 1.29 is 22.7 Å². The first-order valence-corrected chi connectivity index (χ1v) is 10.3. The van der Waals surface area contributed by atoms with Crippen LogP contribution in [0.3, 0.4) is 0 Å². The molecule has 0 bridgehead atoms. The van der Waals surface area contributed by atoms with Gasteiger partial charge in [-0.25, -0.2) is 4.79 Å². The van der Waals surface area contributed by atoms with E-state index < -0.39 is 17.7 Å². The highest BCUT2D eigenvalue weighted by Crippen LogP contribution is 2.42. The number of alkyl halides is 3. The summed E-state index contributed by atoms with van der Waals surface area (Å²) in [7, 11) is 0. The van der Waals surface area contributed by atoms with Crippen LogP contribution in [0.15, 0.2) is 30.5 Å². The SMILES string of the molecule is CCOC(=O)c1c(Nc2ccnc3c(C(F)(F)F)cccc23)sc2c1CCCC2. The summed E-state index contributed by atoms with van der Waals surface area (Å²) >= 11 is 1.47. The van der Waals surface area contributed by atoms with E-state index >= 15 is 0 Å². The number of carbonyl (C=O) groups excluding carboxylic acids is 1. The standard InChI is InChI=1S/C21H19F3N2O2S/c1-2-28-20(27)17-13-6-3-4-9-16(13)29-19(17)26-15-10-11-25-18-12(15)7-5-8-14(18)21(22,23)24/h5,7-8,10-11H,2-4,6,9H2,1H3,(H,25,26). The van der Waals surface area contributed by atoms with Crippen LogP contribution in [-0.2, 0) is 23.8 Å². The van der Waals surface area contributed by atoms with Crippen molar-refractivity contribution in [3.63, 3.8) is 0 Å². The average Bonchev–Trinajstić information content (AvgIpc) is 3.05. The zero-order valence-corrected chi connectivity index (χ0v) is 16.5. The van der Waals surface area contributed by atoms with Gasteiger partial charge in [0.15, 0.2) is 0 Å². The summed E-state index contributed by atoms with van der Waals surface area (Å²) in [4.78, 5) is 17.7. The van der Waals surface area contributed by atoms with Gasteiger partial charge in [0, 0.05) is 16.5 Å². The Kier molecular flexibility index (Phi) is 5.21. The lowest BCUT2D eigenvalue weighted by Crippen LogP contribution is -2.11. The molecule has 0 fully saturated rings. The number of esters is 1. The Balaban J connectivity index is 1.82. The largest absolute Gasteiger partial charge is 0.462 e. The number of aromatic nitrogens is 1. The molecule has 0 radical (unpaired) electrons. The van der Waals surface area contributed by atoms with E-state index in [0.29, 0.717) is 21.6 Å². The lowest BCUT2D eigenvalue weighted by atomic mass is 9.95. The molecule has 1 N–H and O–H groups in total. The maximum absolute atomic E-state index is 13.4. The molecular formula is C21H19F3N2O2S. The fourth-order valence-electron chi connectivity index (χ4n) is 3.71. The summed E-state index contributed by atoms with van der Waals surface area (Å²) in [6, 6.07) is 5.60. The molecule has 4 rings (SSSR count). The van der Waals surface area contributed by atoms with Crippen molar-refractivity contribution in [3.05, 3.63) is 52.0 Å². The summed E-state index contributed by atoms with van der Waals surface area (Å²) in [6.45, 7) is 2.01. The fraction of sp³-hybridized carbons (Fsp3) is 0.333. The summed E-state index contributed by atoms with van der Waals surface area (Å²) < 4.78 is 45.3. The first kappa shape index (κ1) is 19.7. The number of hydrogen-bond acceptors (Lipinski definition) is 5. The minimum Gasteiger partial charge on any atom is -0.462 e. The normalized spacial score (nSPS) is 13.9. The topological polar surface area (TPSA) is 51.2 Å². The predicted octanol–water partition coefficient (Wildman–Crippen LogP) is 6.11. The van der Waals surface area contributed by atoms with Crippen LogP contribution in [0.1, 0.15) is 46.1 Å². The monoisotopic (exact) mass is 420 g/mol. The van der Waals surface area contributed by atoms with Crippen LogP contribution in [0.2, 0.25) is 0 Å². The van der Waals surface area contributed by atoms with Crippen LogP contribution in [0.25, 0.3) is 10.9 Å².